The number of hydrogen-bond donors (Lipinski definition) is 1. The Balaban J connectivity index is 1.33. The Hall–Kier alpha value is -3.91. The summed E-state index contributed by atoms with van der Waals surface area (Å²) in [7, 11) is 0. The second-order valence-corrected chi connectivity index (χ2v) is 8.13. The number of anilines is 1. The number of rotatable bonds is 8. The van der Waals surface area contributed by atoms with E-state index in [4.69, 9.17) is 9.26 Å². The fourth-order valence-corrected chi connectivity index (χ4v) is 3.88. The number of aryl methyl sites for hydroxylation is 1. The number of thioether (sulfide) groups is 1. The van der Waals surface area contributed by atoms with Crippen molar-refractivity contribution in [3.8, 4) is 0 Å². The Morgan fingerprint density at radius 3 is 2.42 bits per heavy atom. The first kappa shape index (κ1) is 22.3. The quantitative estimate of drug-likeness (QED) is 0.283. The van der Waals surface area contributed by atoms with Gasteiger partial charge in [-0.1, -0.05) is 47.6 Å². The van der Waals surface area contributed by atoms with Crippen molar-refractivity contribution >= 4 is 29.3 Å². The summed E-state index contributed by atoms with van der Waals surface area (Å²) >= 11 is 1.43. The van der Waals surface area contributed by atoms with Gasteiger partial charge < -0.3 is 14.6 Å². The highest BCUT2D eigenvalue weighted by Gasteiger charge is 2.15. The predicted octanol–water partition coefficient (Wildman–Crippen LogP) is 5.28. The predicted molar refractivity (Wildman–Crippen MR) is 125 cm³/mol. The van der Waals surface area contributed by atoms with Gasteiger partial charge in [0.15, 0.2) is 5.82 Å². The summed E-state index contributed by atoms with van der Waals surface area (Å²) in [4.78, 5) is 30.0. The van der Waals surface area contributed by atoms with Crippen molar-refractivity contribution in [2.75, 3.05) is 5.32 Å². The molecule has 0 saturated carbocycles. The zero-order valence-corrected chi connectivity index (χ0v) is 18.7. The Morgan fingerprint density at radius 1 is 0.970 bits per heavy atom. The monoisotopic (exact) mass is 459 g/mol. The molecule has 8 heteroatoms. The SMILES string of the molecule is Cc1noc(CSc2ccccc2C(=O)OCc2ccc(C(=O)Nc3ccccc3)cc2)n1. The Morgan fingerprint density at radius 2 is 1.70 bits per heavy atom. The molecule has 0 saturated heterocycles. The van der Waals surface area contributed by atoms with E-state index in [9.17, 15) is 9.59 Å². The maximum atomic E-state index is 12.7. The molecule has 0 radical (unpaired) electrons. The van der Waals surface area contributed by atoms with Gasteiger partial charge in [-0.2, -0.15) is 4.98 Å². The first-order valence-electron chi connectivity index (χ1n) is 10.2. The fraction of sp³-hybridized carbons (Fsp3) is 0.120. The smallest absolute Gasteiger partial charge is 0.339 e. The minimum absolute atomic E-state index is 0.0985. The Kier molecular flexibility index (Phi) is 7.16. The molecule has 1 amide bonds. The zero-order chi connectivity index (χ0) is 23.0. The highest BCUT2D eigenvalue weighted by Crippen LogP contribution is 2.26. The number of carbonyl (C=O) groups is 2. The van der Waals surface area contributed by atoms with Crippen LogP contribution >= 0.6 is 11.8 Å². The van der Waals surface area contributed by atoms with Crippen molar-refractivity contribution in [2.45, 2.75) is 24.2 Å². The molecule has 4 aromatic rings. The second-order valence-electron chi connectivity index (χ2n) is 7.11. The molecule has 0 aliphatic carbocycles. The van der Waals surface area contributed by atoms with Gasteiger partial charge in [0.05, 0.1) is 11.3 Å². The molecule has 1 N–H and O–H groups in total. The van der Waals surface area contributed by atoms with Crippen LogP contribution in [0.25, 0.3) is 0 Å². The van der Waals surface area contributed by atoms with E-state index in [1.807, 2.05) is 42.5 Å². The third kappa shape index (κ3) is 6.08. The molecule has 3 aromatic carbocycles. The van der Waals surface area contributed by atoms with Gasteiger partial charge in [0, 0.05) is 16.1 Å². The molecular formula is C25H21N3O4S. The van der Waals surface area contributed by atoms with Gasteiger partial charge in [0.2, 0.25) is 5.89 Å². The van der Waals surface area contributed by atoms with E-state index < -0.39 is 5.97 Å². The number of benzene rings is 3. The normalized spacial score (nSPS) is 10.6. The highest BCUT2D eigenvalue weighted by molar-refractivity contribution is 7.98. The van der Waals surface area contributed by atoms with Gasteiger partial charge in [-0.25, -0.2) is 4.79 Å². The first-order valence-corrected chi connectivity index (χ1v) is 11.2. The maximum Gasteiger partial charge on any atom is 0.339 e. The largest absolute Gasteiger partial charge is 0.457 e. The molecule has 33 heavy (non-hydrogen) atoms. The van der Waals surface area contributed by atoms with E-state index in [-0.39, 0.29) is 12.5 Å². The Labute approximate surface area is 195 Å². The molecule has 0 aliphatic rings. The molecule has 0 bridgehead atoms. The number of carbonyl (C=O) groups excluding carboxylic acids is 2. The Bertz CT molecular complexity index is 1240. The maximum absolute atomic E-state index is 12.7. The average molecular weight is 460 g/mol. The lowest BCUT2D eigenvalue weighted by molar-refractivity contribution is 0.0468. The lowest BCUT2D eigenvalue weighted by atomic mass is 10.1. The van der Waals surface area contributed by atoms with Crippen LogP contribution in [-0.2, 0) is 17.1 Å². The molecule has 0 aliphatic heterocycles. The van der Waals surface area contributed by atoms with Gasteiger partial charge in [-0.15, -0.1) is 11.8 Å². The summed E-state index contributed by atoms with van der Waals surface area (Å²) in [6.07, 6.45) is 0. The molecule has 1 heterocycles. The summed E-state index contributed by atoms with van der Waals surface area (Å²) in [6.45, 7) is 1.85. The van der Waals surface area contributed by atoms with E-state index in [0.717, 1.165) is 16.1 Å². The molecule has 0 spiro atoms. The number of para-hydroxylation sites is 1. The number of ether oxygens (including phenoxy) is 1. The summed E-state index contributed by atoms with van der Waals surface area (Å²) in [5, 5.41) is 6.61. The summed E-state index contributed by atoms with van der Waals surface area (Å²) in [6, 6.07) is 23.4. The number of aromatic nitrogens is 2. The average Bonchev–Trinajstić information content (AvgIpc) is 3.27. The third-order valence-corrected chi connectivity index (χ3v) is 5.70. The van der Waals surface area contributed by atoms with Crippen LogP contribution in [0.2, 0.25) is 0 Å². The standard InChI is InChI=1S/C25H21N3O4S/c1-17-26-23(32-28-17)16-33-22-10-6-5-9-21(22)25(30)31-15-18-11-13-19(14-12-18)24(29)27-20-7-3-2-4-8-20/h2-14H,15-16H2,1H3,(H,27,29). The van der Waals surface area contributed by atoms with Gasteiger partial charge in [-0.3, -0.25) is 4.79 Å². The summed E-state index contributed by atoms with van der Waals surface area (Å²) in [5.74, 6) is 0.897. The van der Waals surface area contributed by atoms with E-state index in [1.165, 1.54) is 11.8 Å². The molecule has 1 aromatic heterocycles. The summed E-state index contributed by atoms with van der Waals surface area (Å²) in [5.41, 5.74) is 2.50. The van der Waals surface area contributed by atoms with Crippen molar-refractivity contribution in [2.24, 2.45) is 0 Å². The van der Waals surface area contributed by atoms with Crippen molar-refractivity contribution in [3.05, 3.63) is 107 Å². The lowest BCUT2D eigenvalue weighted by Crippen LogP contribution is -2.12. The topological polar surface area (TPSA) is 94.3 Å². The summed E-state index contributed by atoms with van der Waals surface area (Å²) < 4.78 is 10.6. The van der Waals surface area contributed by atoms with Gasteiger partial charge in [-0.05, 0) is 48.9 Å². The fourth-order valence-electron chi connectivity index (χ4n) is 3.00. The molecule has 0 unspecified atom stereocenters. The van der Waals surface area contributed by atoms with E-state index >= 15 is 0 Å². The highest BCUT2D eigenvalue weighted by atomic mass is 32.2. The molecule has 4 rings (SSSR count). The van der Waals surface area contributed by atoms with Crippen molar-refractivity contribution in [1.82, 2.24) is 10.1 Å². The molecule has 166 valence electrons. The first-order chi connectivity index (χ1) is 16.1. The van der Waals surface area contributed by atoms with Crippen LogP contribution < -0.4 is 5.32 Å². The number of hydrogen-bond acceptors (Lipinski definition) is 7. The number of esters is 1. The molecular weight excluding hydrogens is 438 g/mol. The van der Waals surface area contributed by atoms with E-state index in [0.29, 0.717) is 28.6 Å². The van der Waals surface area contributed by atoms with Crippen LogP contribution in [0, 0.1) is 6.92 Å². The van der Waals surface area contributed by atoms with Crippen molar-refractivity contribution < 1.29 is 18.8 Å². The van der Waals surface area contributed by atoms with Crippen LogP contribution in [0.1, 0.15) is 38.0 Å². The minimum Gasteiger partial charge on any atom is -0.457 e. The van der Waals surface area contributed by atoms with E-state index in [2.05, 4.69) is 15.5 Å². The van der Waals surface area contributed by atoms with Gasteiger partial charge >= 0.3 is 5.97 Å². The number of amides is 1. The third-order valence-electron chi connectivity index (χ3n) is 4.65. The van der Waals surface area contributed by atoms with Crippen LogP contribution in [0.15, 0.2) is 88.3 Å². The van der Waals surface area contributed by atoms with Crippen molar-refractivity contribution in [1.29, 1.82) is 0 Å². The second kappa shape index (κ2) is 10.6. The molecule has 7 nitrogen and oxygen atoms in total. The number of nitrogens with one attached hydrogen (secondary N) is 1. The van der Waals surface area contributed by atoms with Crippen LogP contribution in [-0.4, -0.2) is 22.0 Å². The van der Waals surface area contributed by atoms with Crippen LogP contribution in [0.4, 0.5) is 5.69 Å². The van der Waals surface area contributed by atoms with Gasteiger partial charge in [0.25, 0.3) is 5.91 Å². The minimum atomic E-state index is -0.425. The molecule has 0 atom stereocenters. The lowest BCUT2D eigenvalue weighted by Gasteiger charge is -2.09. The number of nitrogens with zero attached hydrogens (tertiary/aromatic N) is 2. The van der Waals surface area contributed by atoms with E-state index in [1.54, 1.807) is 43.3 Å². The van der Waals surface area contributed by atoms with Crippen molar-refractivity contribution in [3.63, 3.8) is 0 Å². The van der Waals surface area contributed by atoms with Crippen LogP contribution in [0.5, 0.6) is 0 Å². The zero-order valence-electron chi connectivity index (χ0n) is 17.9. The van der Waals surface area contributed by atoms with Crippen LogP contribution in [0.3, 0.4) is 0 Å². The van der Waals surface area contributed by atoms with Gasteiger partial charge in [0.1, 0.15) is 6.61 Å². The molecule has 0 fully saturated rings.